The molecular weight excluding hydrogens is 224 g/mol. The second kappa shape index (κ2) is 4.40. The third kappa shape index (κ3) is 3.11. The zero-order valence-corrected chi connectivity index (χ0v) is 13.6. The summed E-state index contributed by atoms with van der Waals surface area (Å²) in [6.45, 7) is 20.0. The molecule has 0 fully saturated rings. The minimum Gasteiger partial charge on any atom is -0.410 e. The Morgan fingerprint density at radius 2 is 1.94 bits per heavy atom. The van der Waals surface area contributed by atoms with Crippen LogP contribution in [0.4, 0.5) is 0 Å². The fourth-order valence-electron chi connectivity index (χ4n) is 1.93. The molecule has 0 heterocycles. The molecule has 2 heteroatoms. The molecular formula is C15H28OSi. The van der Waals surface area contributed by atoms with Crippen LogP contribution in [0.2, 0.25) is 18.1 Å². The van der Waals surface area contributed by atoms with E-state index in [0.717, 1.165) is 6.42 Å². The minimum atomic E-state index is -1.68. The quantitative estimate of drug-likeness (QED) is 0.648. The van der Waals surface area contributed by atoms with Crippen molar-refractivity contribution in [3.05, 3.63) is 24.3 Å². The third-order valence-electron chi connectivity index (χ3n) is 4.29. The van der Waals surface area contributed by atoms with Gasteiger partial charge < -0.3 is 4.43 Å². The Morgan fingerprint density at radius 1 is 1.41 bits per heavy atom. The molecule has 0 aliphatic heterocycles. The number of hydrogen-bond donors (Lipinski definition) is 0. The maximum Gasteiger partial charge on any atom is 0.192 e. The maximum absolute atomic E-state index is 6.53. The average Bonchev–Trinajstić information content (AvgIpc) is 2.39. The monoisotopic (exact) mass is 252 g/mol. The molecule has 1 rings (SSSR count). The molecule has 17 heavy (non-hydrogen) atoms. The molecule has 1 unspecified atom stereocenters. The lowest BCUT2D eigenvalue weighted by Gasteiger charge is -2.41. The standard InChI is InChI=1S/C15H28OSi/c1-9-12-10-13(15(5,6)11-12)16-17(7,8)14(2,3)4/h9-10,13H,1,11H2,2-8H3. The van der Waals surface area contributed by atoms with Crippen LogP contribution in [0.1, 0.15) is 41.0 Å². The van der Waals surface area contributed by atoms with Gasteiger partial charge in [-0.15, -0.1) is 0 Å². The van der Waals surface area contributed by atoms with Crippen LogP contribution in [-0.4, -0.2) is 14.4 Å². The van der Waals surface area contributed by atoms with E-state index in [-0.39, 0.29) is 16.6 Å². The van der Waals surface area contributed by atoms with Gasteiger partial charge >= 0.3 is 0 Å². The number of rotatable bonds is 3. The van der Waals surface area contributed by atoms with Crippen molar-refractivity contribution in [3.63, 3.8) is 0 Å². The van der Waals surface area contributed by atoms with Crippen LogP contribution in [-0.2, 0) is 4.43 Å². The van der Waals surface area contributed by atoms with E-state index in [1.165, 1.54) is 5.57 Å². The van der Waals surface area contributed by atoms with Crippen LogP contribution >= 0.6 is 0 Å². The van der Waals surface area contributed by atoms with Crippen molar-refractivity contribution in [2.75, 3.05) is 0 Å². The minimum absolute atomic E-state index is 0.207. The third-order valence-corrected chi connectivity index (χ3v) is 8.74. The van der Waals surface area contributed by atoms with Gasteiger partial charge in [0.2, 0.25) is 0 Å². The second-order valence-corrected chi connectivity index (χ2v) is 12.2. The first kappa shape index (κ1) is 14.7. The van der Waals surface area contributed by atoms with Gasteiger partial charge in [0, 0.05) is 0 Å². The summed E-state index contributed by atoms with van der Waals surface area (Å²) in [5.74, 6) is 0. The van der Waals surface area contributed by atoms with Crippen molar-refractivity contribution in [1.82, 2.24) is 0 Å². The molecule has 98 valence electrons. The normalized spacial score (nSPS) is 24.6. The van der Waals surface area contributed by atoms with Crippen molar-refractivity contribution in [2.45, 2.75) is 65.3 Å². The van der Waals surface area contributed by atoms with Crippen LogP contribution in [0.15, 0.2) is 24.3 Å². The summed E-state index contributed by atoms with van der Waals surface area (Å²) in [5.41, 5.74) is 1.54. The number of allylic oxidation sites excluding steroid dienone is 2. The van der Waals surface area contributed by atoms with Gasteiger partial charge in [-0.1, -0.05) is 53.3 Å². The van der Waals surface area contributed by atoms with E-state index in [1.54, 1.807) is 0 Å². The van der Waals surface area contributed by atoms with Crippen LogP contribution in [0, 0.1) is 5.41 Å². The Balaban J connectivity index is 2.88. The van der Waals surface area contributed by atoms with Crippen LogP contribution in [0.5, 0.6) is 0 Å². The lowest BCUT2D eigenvalue weighted by molar-refractivity contribution is 0.114. The average molecular weight is 252 g/mol. The van der Waals surface area contributed by atoms with Gasteiger partial charge in [0.25, 0.3) is 0 Å². The highest BCUT2D eigenvalue weighted by atomic mass is 28.4. The molecule has 0 radical (unpaired) electrons. The fraction of sp³-hybridized carbons (Fsp3) is 0.733. The van der Waals surface area contributed by atoms with Crippen molar-refractivity contribution in [2.24, 2.45) is 5.41 Å². The predicted octanol–water partition coefficient (Wildman–Crippen LogP) is 4.92. The maximum atomic E-state index is 6.53. The Bertz CT molecular complexity index is 331. The molecule has 0 saturated carbocycles. The summed E-state index contributed by atoms with van der Waals surface area (Å²) in [6, 6.07) is 0. The molecule has 0 aromatic rings. The van der Waals surface area contributed by atoms with E-state index in [1.807, 2.05) is 6.08 Å². The lowest BCUT2D eigenvalue weighted by atomic mass is 9.87. The van der Waals surface area contributed by atoms with E-state index < -0.39 is 8.32 Å². The summed E-state index contributed by atoms with van der Waals surface area (Å²) in [7, 11) is -1.68. The molecule has 0 N–H and O–H groups in total. The summed E-state index contributed by atoms with van der Waals surface area (Å²) in [6.07, 6.45) is 5.57. The summed E-state index contributed by atoms with van der Waals surface area (Å²) >= 11 is 0. The smallest absolute Gasteiger partial charge is 0.192 e. The van der Waals surface area contributed by atoms with Gasteiger partial charge in [0.1, 0.15) is 0 Å². The molecule has 1 aliphatic carbocycles. The summed E-state index contributed by atoms with van der Waals surface area (Å²) in [4.78, 5) is 0. The van der Waals surface area contributed by atoms with Gasteiger partial charge in [0.15, 0.2) is 8.32 Å². The van der Waals surface area contributed by atoms with Gasteiger partial charge in [-0.25, -0.2) is 0 Å². The highest BCUT2D eigenvalue weighted by Crippen LogP contribution is 2.44. The second-order valence-electron chi connectivity index (χ2n) is 7.41. The predicted molar refractivity (Wildman–Crippen MR) is 78.7 cm³/mol. The molecule has 0 spiro atoms. The first-order valence-electron chi connectivity index (χ1n) is 6.50. The van der Waals surface area contributed by atoms with E-state index in [9.17, 15) is 0 Å². The van der Waals surface area contributed by atoms with Crippen molar-refractivity contribution in [1.29, 1.82) is 0 Å². The Hall–Kier alpha value is -0.343. The van der Waals surface area contributed by atoms with Gasteiger partial charge in [-0.05, 0) is 35.5 Å². The van der Waals surface area contributed by atoms with E-state index >= 15 is 0 Å². The zero-order valence-electron chi connectivity index (χ0n) is 12.6. The van der Waals surface area contributed by atoms with Crippen molar-refractivity contribution < 1.29 is 4.43 Å². The Morgan fingerprint density at radius 3 is 2.29 bits per heavy atom. The first-order valence-corrected chi connectivity index (χ1v) is 9.41. The topological polar surface area (TPSA) is 9.23 Å². The van der Waals surface area contributed by atoms with Gasteiger partial charge in [-0.3, -0.25) is 0 Å². The lowest BCUT2D eigenvalue weighted by Crippen LogP contribution is -2.46. The highest BCUT2D eigenvalue weighted by molar-refractivity contribution is 6.74. The molecule has 1 atom stereocenters. The molecule has 0 saturated heterocycles. The highest BCUT2D eigenvalue weighted by Gasteiger charge is 2.43. The van der Waals surface area contributed by atoms with E-state index in [2.05, 4.69) is 60.4 Å². The zero-order chi connectivity index (χ0) is 13.5. The fourth-order valence-corrected chi connectivity index (χ4v) is 3.31. The molecule has 0 aromatic carbocycles. The van der Waals surface area contributed by atoms with Crippen LogP contribution in [0.25, 0.3) is 0 Å². The Labute approximate surface area is 108 Å². The molecule has 0 aromatic heterocycles. The van der Waals surface area contributed by atoms with Crippen molar-refractivity contribution >= 4 is 8.32 Å². The summed E-state index contributed by atoms with van der Waals surface area (Å²) in [5, 5.41) is 0.272. The van der Waals surface area contributed by atoms with Gasteiger partial charge in [-0.2, -0.15) is 0 Å². The Kier molecular flexibility index (Phi) is 3.81. The van der Waals surface area contributed by atoms with Crippen LogP contribution < -0.4 is 0 Å². The van der Waals surface area contributed by atoms with Crippen molar-refractivity contribution in [3.8, 4) is 0 Å². The molecule has 1 aliphatic rings. The SMILES string of the molecule is C=CC1=CC(O[Si](C)(C)C(C)(C)C)C(C)(C)C1. The number of hydrogen-bond acceptors (Lipinski definition) is 1. The van der Waals surface area contributed by atoms with E-state index in [0.29, 0.717) is 0 Å². The molecule has 1 nitrogen and oxygen atoms in total. The van der Waals surface area contributed by atoms with Gasteiger partial charge in [0.05, 0.1) is 6.10 Å². The van der Waals surface area contributed by atoms with E-state index in [4.69, 9.17) is 4.43 Å². The molecule has 0 amide bonds. The molecule has 0 bridgehead atoms. The van der Waals surface area contributed by atoms with Crippen LogP contribution in [0.3, 0.4) is 0 Å². The largest absolute Gasteiger partial charge is 0.410 e. The summed E-state index contributed by atoms with van der Waals surface area (Å²) < 4.78 is 6.53. The first-order chi connectivity index (χ1) is 7.49.